The Morgan fingerprint density at radius 1 is 1.26 bits per heavy atom. The molecule has 0 bridgehead atoms. The van der Waals surface area contributed by atoms with Gasteiger partial charge in [-0.15, -0.1) is 11.3 Å². The molecule has 3 aromatic rings. The molecule has 0 aliphatic heterocycles. The molecule has 0 fully saturated rings. The van der Waals surface area contributed by atoms with Crippen LogP contribution < -0.4 is 0 Å². The summed E-state index contributed by atoms with van der Waals surface area (Å²) in [5, 5.41) is 1.20. The third-order valence-corrected chi connectivity index (χ3v) is 4.37. The van der Waals surface area contributed by atoms with Crippen LogP contribution in [0.3, 0.4) is 0 Å². The predicted octanol–water partition coefficient (Wildman–Crippen LogP) is 4.90. The van der Waals surface area contributed by atoms with Gasteiger partial charge >= 0.3 is 0 Å². The van der Waals surface area contributed by atoms with E-state index in [1.54, 1.807) is 11.3 Å². The van der Waals surface area contributed by atoms with Crippen molar-refractivity contribution in [3.63, 3.8) is 0 Å². The van der Waals surface area contributed by atoms with E-state index < -0.39 is 0 Å². The molecule has 96 valence electrons. The summed E-state index contributed by atoms with van der Waals surface area (Å²) in [6.45, 7) is 6.34. The highest BCUT2D eigenvalue weighted by Crippen LogP contribution is 2.30. The van der Waals surface area contributed by atoms with Crippen molar-refractivity contribution in [2.24, 2.45) is 0 Å². The molecule has 3 heteroatoms. The fraction of sp³-hybridized carbons (Fsp3) is 0.188. The zero-order valence-electron chi connectivity index (χ0n) is 11.0. The van der Waals surface area contributed by atoms with E-state index in [-0.39, 0.29) is 0 Å². The SMILES string of the molecule is C=C(CCC)c1ccc(-n2cnc3ccccc32)s1. The largest absolute Gasteiger partial charge is 0.290 e. The van der Waals surface area contributed by atoms with E-state index in [0.29, 0.717) is 0 Å². The maximum Gasteiger partial charge on any atom is 0.101 e. The number of benzene rings is 1. The highest BCUT2D eigenvalue weighted by molar-refractivity contribution is 7.15. The Morgan fingerprint density at radius 2 is 2.11 bits per heavy atom. The average molecular weight is 268 g/mol. The van der Waals surface area contributed by atoms with Crippen molar-refractivity contribution in [3.8, 4) is 5.00 Å². The summed E-state index contributed by atoms with van der Waals surface area (Å²) in [6.07, 6.45) is 4.09. The zero-order chi connectivity index (χ0) is 13.2. The maximum atomic E-state index is 4.43. The topological polar surface area (TPSA) is 17.8 Å². The first kappa shape index (κ1) is 12.2. The molecule has 1 aromatic carbocycles. The van der Waals surface area contributed by atoms with Crippen LogP contribution in [-0.4, -0.2) is 9.55 Å². The van der Waals surface area contributed by atoms with Crippen LogP contribution in [-0.2, 0) is 0 Å². The second kappa shape index (κ2) is 5.02. The molecular weight excluding hydrogens is 252 g/mol. The monoisotopic (exact) mass is 268 g/mol. The smallest absolute Gasteiger partial charge is 0.101 e. The molecule has 0 amide bonds. The van der Waals surface area contributed by atoms with E-state index in [2.05, 4.69) is 41.3 Å². The fourth-order valence-electron chi connectivity index (χ4n) is 2.21. The molecular formula is C16H16N2S. The standard InChI is InChI=1S/C16H16N2S/c1-3-6-12(2)15-9-10-16(19-15)18-11-17-13-7-4-5-8-14(13)18/h4-5,7-11H,2-3,6H2,1H3. The van der Waals surface area contributed by atoms with Crippen LogP contribution in [0.2, 0.25) is 0 Å². The quantitative estimate of drug-likeness (QED) is 0.658. The van der Waals surface area contributed by atoms with Crippen molar-refractivity contribution in [2.75, 3.05) is 0 Å². The van der Waals surface area contributed by atoms with Crippen LogP contribution in [0.1, 0.15) is 24.6 Å². The molecule has 0 N–H and O–H groups in total. The van der Waals surface area contributed by atoms with E-state index in [4.69, 9.17) is 0 Å². The number of aromatic nitrogens is 2. The van der Waals surface area contributed by atoms with Gasteiger partial charge in [0.2, 0.25) is 0 Å². The maximum absolute atomic E-state index is 4.43. The van der Waals surface area contributed by atoms with Crippen molar-refractivity contribution in [3.05, 3.63) is 54.2 Å². The molecule has 2 heterocycles. The Morgan fingerprint density at radius 3 is 2.95 bits per heavy atom. The van der Waals surface area contributed by atoms with Crippen LogP contribution in [0.5, 0.6) is 0 Å². The lowest BCUT2D eigenvalue weighted by Gasteiger charge is -2.01. The lowest BCUT2D eigenvalue weighted by Crippen LogP contribution is -1.86. The Labute approximate surface area is 117 Å². The first-order valence-electron chi connectivity index (χ1n) is 6.50. The van der Waals surface area contributed by atoms with Gasteiger partial charge in [0.25, 0.3) is 0 Å². The van der Waals surface area contributed by atoms with E-state index >= 15 is 0 Å². The van der Waals surface area contributed by atoms with Crippen molar-refractivity contribution in [1.29, 1.82) is 0 Å². The number of fused-ring (bicyclic) bond motifs is 1. The summed E-state index contributed by atoms with van der Waals surface area (Å²) >= 11 is 1.78. The molecule has 0 aliphatic rings. The van der Waals surface area contributed by atoms with Crippen LogP contribution >= 0.6 is 11.3 Å². The molecule has 0 radical (unpaired) electrons. The molecule has 0 aliphatic carbocycles. The van der Waals surface area contributed by atoms with E-state index in [9.17, 15) is 0 Å². The van der Waals surface area contributed by atoms with Crippen LogP contribution in [0.4, 0.5) is 0 Å². The summed E-state index contributed by atoms with van der Waals surface area (Å²) in [7, 11) is 0. The van der Waals surface area contributed by atoms with Crippen molar-refractivity contribution >= 4 is 27.9 Å². The highest BCUT2D eigenvalue weighted by Gasteiger charge is 2.08. The number of thiophene rings is 1. The first-order chi connectivity index (χ1) is 9.29. The molecule has 2 aromatic heterocycles. The van der Waals surface area contributed by atoms with Gasteiger partial charge in [-0.3, -0.25) is 4.57 Å². The minimum Gasteiger partial charge on any atom is -0.290 e. The number of para-hydroxylation sites is 2. The van der Waals surface area contributed by atoms with Gasteiger partial charge in [-0.1, -0.05) is 32.1 Å². The molecule has 0 saturated carbocycles. The van der Waals surface area contributed by atoms with Gasteiger partial charge in [0.1, 0.15) is 11.3 Å². The highest BCUT2D eigenvalue weighted by atomic mass is 32.1. The Hall–Kier alpha value is -1.87. The summed E-state index contributed by atoms with van der Waals surface area (Å²) in [6, 6.07) is 12.5. The van der Waals surface area contributed by atoms with Crippen LogP contribution in [0.25, 0.3) is 21.6 Å². The van der Waals surface area contributed by atoms with Gasteiger partial charge in [0.15, 0.2) is 0 Å². The average Bonchev–Trinajstić information content (AvgIpc) is 3.05. The molecule has 2 nitrogen and oxygen atoms in total. The number of hydrogen-bond donors (Lipinski definition) is 0. The summed E-state index contributed by atoms with van der Waals surface area (Å²) in [4.78, 5) is 5.71. The number of imidazole rings is 1. The van der Waals surface area contributed by atoms with Crippen LogP contribution in [0, 0.1) is 0 Å². The normalized spacial score (nSPS) is 11.0. The lowest BCUT2D eigenvalue weighted by molar-refractivity contribution is 0.978. The van der Waals surface area contributed by atoms with Crippen molar-refractivity contribution in [1.82, 2.24) is 9.55 Å². The Balaban J connectivity index is 2.01. The van der Waals surface area contributed by atoms with Gasteiger partial charge in [-0.25, -0.2) is 4.98 Å². The van der Waals surface area contributed by atoms with Gasteiger partial charge < -0.3 is 0 Å². The van der Waals surface area contributed by atoms with E-state index in [0.717, 1.165) is 23.9 Å². The second-order valence-electron chi connectivity index (χ2n) is 4.59. The number of rotatable bonds is 4. The van der Waals surface area contributed by atoms with Gasteiger partial charge in [-0.2, -0.15) is 0 Å². The first-order valence-corrected chi connectivity index (χ1v) is 7.31. The van der Waals surface area contributed by atoms with E-state index in [1.165, 1.54) is 15.5 Å². The fourth-order valence-corrected chi connectivity index (χ4v) is 3.19. The number of hydrogen-bond acceptors (Lipinski definition) is 2. The zero-order valence-corrected chi connectivity index (χ0v) is 11.8. The van der Waals surface area contributed by atoms with Crippen LogP contribution in [0.15, 0.2) is 49.3 Å². The molecule has 0 unspecified atom stereocenters. The second-order valence-corrected chi connectivity index (χ2v) is 5.66. The molecule has 19 heavy (non-hydrogen) atoms. The summed E-state index contributed by atoms with van der Waals surface area (Å²) in [5.41, 5.74) is 3.41. The third-order valence-electron chi connectivity index (χ3n) is 3.18. The Bertz CT molecular complexity index is 721. The molecule has 0 saturated heterocycles. The lowest BCUT2D eigenvalue weighted by atomic mass is 10.1. The molecule has 0 atom stereocenters. The van der Waals surface area contributed by atoms with Crippen molar-refractivity contribution in [2.45, 2.75) is 19.8 Å². The van der Waals surface area contributed by atoms with Crippen molar-refractivity contribution < 1.29 is 0 Å². The summed E-state index contributed by atoms with van der Waals surface area (Å²) in [5.74, 6) is 0. The van der Waals surface area contributed by atoms with Gasteiger partial charge in [0.05, 0.1) is 11.0 Å². The molecule has 3 rings (SSSR count). The van der Waals surface area contributed by atoms with E-state index in [1.807, 2.05) is 24.5 Å². The predicted molar refractivity (Wildman–Crippen MR) is 82.9 cm³/mol. The number of nitrogens with zero attached hydrogens (tertiary/aromatic N) is 2. The third kappa shape index (κ3) is 2.22. The Kier molecular flexibility index (Phi) is 3.22. The number of allylic oxidation sites excluding steroid dienone is 1. The summed E-state index contributed by atoms with van der Waals surface area (Å²) < 4.78 is 2.14. The van der Waals surface area contributed by atoms with Gasteiger partial charge in [-0.05, 0) is 36.3 Å². The minimum absolute atomic E-state index is 1.03. The molecule has 0 spiro atoms. The minimum atomic E-state index is 1.03. The van der Waals surface area contributed by atoms with Gasteiger partial charge in [0, 0.05) is 4.88 Å².